The lowest BCUT2D eigenvalue weighted by atomic mass is 9.81. The van der Waals surface area contributed by atoms with Gasteiger partial charge >= 0.3 is 0 Å². The van der Waals surface area contributed by atoms with Gasteiger partial charge in [0.05, 0.1) is 19.2 Å². The summed E-state index contributed by atoms with van der Waals surface area (Å²) in [5.41, 5.74) is 13.6. The van der Waals surface area contributed by atoms with Crippen LogP contribution in [0.25, 0.3) is 0 Å². The van der Waals surface area contributed by atoms with Gasteiger partial charge in [-0.2, -0.15) is 0 Å². The third-order valence-electron chi connectivity index (χ3n) is 7.30. The van der Waals surface area contributed by atoms with Crippen LogP contribution in [0.1, 0.15) is 41.3 Å². The largest absolute Gasteiger partial charge is 0.497 e. The van der Waals surface area contributed by atoms with Gasteiger partial charge in [0.15, 0.2) is 11.5 Å². The summed E-state index contributed by atoms with van der Waals surface area (Å²) in [5.74, 6) is 2.92. The second kappa shape index (κ2) is 8.85. The van der Waals surface area contributed by atoms with Gasteiger partial charge in [0, 0.05) is 30.8 Å². The zero-order valence-electron chi connectivity index (χ0n) is 19.7. The second-order valence-corrected chi connectivity index (χ2v) is 9.29. The van der Waals surface area contributed by atoms with Crippen LogP contribution in [0.5, 0.6) is 17.2 Å². The molecule has 0 spiro atoms. The highest BCUT2D eigenvalue weighted by molar-refractivity contribution is 5.66. The summed E-state index contributed by atoms with van der Waals surface area (Å²) in [6.45, 7) is 5.10. The van der Waals surface area contributed by atoms with Gasteiger partial charge in [-0.15, -0.1) is 0 Å². The van der Waals surface area contributed by atoms with Crippen molar-refractivity contribution in [1.29, 1.82) is 0 Å². The number of hydrogen-bond donors (Lipinski definition) is 2. The third kappa shape index (κ3) is 3.77. The van der Waals surface area contributed by atoms with Gasteiger partial charge in [-0.25, -0.2) is 10.9 Å². The number of methoxy groups -OCH3 is 1. The van der Waals surface area contributed by atoms with Crippen LogP contribution in [0.2, 0.25) is 0 Å². The number of rotatable bonds is 5. The molecule has 0 saturated carbocycles. The third-order valence-corrected chi connectivity index (χ3v) is 7.30. The molecule has 6 rings (SSSR count). The fourth-order valence-electron chi connectivity index (χ4n) is 5.51. The Morgan fingerprint density at radius 2 is 1.68 bits per heavy atom. The van der Waals surface area contributed by atoms with Crippen LogP contribution in [-0.4, -0.2) is 26.9 Å². The molecule has 2 N–H and O–H groups in total. The van der Waals surface area contributed by atoms with Crippen molar-refractivity contribution in [3.8, 4) is 17.2 Å². The molecule has 0 bridgehead atoms. The smallest absolute Gasteiger partial charge is 0.163 e. The van der Waals surface area contributed by atoms with Gasteiger partial charge in [-0.05, 0) is 46.9 Å². The predicted molar refractivity (Wildman–Crippen MR) is 133 cm³/mol. The van der Waals surface area contributed by atoms with Crippen molar-refractivity contribution in [2.75, 3.05) is 31.8 Å². The van der Waals surface area contributed by atoms with Crippen LogP contribution in [-0.2, 0) is 13.0 Å². The normalized spacial score (nSPS) is 22.8. The molecule has 6 nitrogen and oxygen atoms in total. The number of fused-ring (bicyclic) bond motifs is 4. The van der Waals surface area contributed by atoms with Crippen LogP contribution in [0.4, 0.5) is 5.69 Å². The monoisotopic (exact) mass is 457 g/mol. The Hall–Kier alpha value is -3.22. The van der Waals surface area contributed by atoms with Crippen molar-refractivity contribution in [1.82, 2.24) is 10.9 Å². The molecule has 0 radical (unpaired) electrons. The molecule has 34 heavy (non-hydrogen) atoms. The van der Waals surface area contributed by atoms with Gasteiger partial charge in [-0.3, -0.25) is 0 Å². The summed E-state index contributed by atoms with van der Waals surface area (Å²) < 4.78 is 17.4. The molecule has 0 aromatic heterocycles. The second-order valence-electron chi connectivity index (χ2n) is 9.29. The number of nitrogens with zero attached hydrogens (tertiary/aromatic N) is 1. The van der Waals surface area contributed by atoms with Gasteiger partial charge in [0.1, 0.15) is 19.0 Å². The van der Waals surface area contributed by atoms with Crippen molar-refractivity contribution in [3.05, 3.63) is 82.9 Å². The predicted octanol–water partition coefficient (Wildman–Crippen LogP) is 4.56. The first kappa shape index (κ1) is 21.3. The van der Waals surface area contributed by atoms with E-state index >= 15 is 0 Å². The highest BCUT2D eigenvalue weighted by Crippen LogP contribution is 2.49. The van der Waals surface area contributed by atoms with Crippen molar-refractivity contribution in [2.24, 2.45) is 5.92 Å². The molecule has 1 saturated heterocycles. The molecular weight excluding hydrogens is 426 g/mol. The minimum Gasteiger partial charge on any atom is -0.497 e. The maximum atomic E-state index is 5.95. The van der Waals surface area contributed by atoms with Crippen LogP contribution in [0, 0.1) is 5.92 Å². The quantitative estimate of drug-likeness (QED) is 0.586. The van der Waals surface area contributed by atoms with E-state index in [0.29, 0.717) is 19.1 Å². The molecule has 6 heteroatoms. The molecule has 3 heterocycles. The van der Waals surface area contributed by atoms with Crippen molar-refractivity contribution in [3.63, 3.8) is 0 Å². The molecule has 3 unspecified atom stereocenters. The van der Waals surface area contributed by atoms with Gasteiger partial charge < -0.3 is 19.1 Å². The summed E-state index contributed by atoms with van der Waals surface area (Å²) >= 11 is 0. The molecular formula is C28H31N3O3. The van der Waals surface area contributed by atoms with Crippen molar-refractivity contribution < 1.29 is 14.2 Å². The Balaban J connectivity index is 1.38. The first-order valence-electron chi connectivity index (χ1n) is 12.1. The lowest BCUT2D eigenvalue weighted by Crippen LogP contribution is -2.39. The number of aryl methyl sites for hydroxylation is 1. The minimum atomic E-state index is 0.197. The van der Waals surface area contributed by atoms with Gasteiger partial charge in [0.2, 0.25) is 0 Å². The maximum absolute atomic E-state index is 5.95. The van der Waals surface area contributed by atoms with E-state index in [1.165, 1.54) is 27.9 Å². The highest BCUT2D eigenvalue weighted by atomic mass is 16.6. The molecule has 0 aliphatic carbocycles. The Bertz CT molecular complexity index is 1180. The lowest BCUT2D eigenvalue weighted by Gasteiger charge is -2.40. The lowest BCUT2D eigenvalue weighted by molar-refractivity contribution is 0.171. The van der Waals surface area contributed by atoms with Crippen LogP contribution in [0.3, 0.4) is 0 Å². The molecule has 3 aliphatic rings. The molecule has 1 fully saturated rings. The summed E-state index contributed by atoms with van der Waals surface area (Å²) in [4.78, 5) is 2.48. The average Bonchev–Trinajstić information content (AvgIpc) is 3.32. The van der Waals surface area contributed by atoms with Gasteiger partial charge in [-0.1, -0.05) is 43.3 Å². The molecule has 3 atom stereocenters. The fourth-order valence-corrected chi connectivity index (χ4v) is 5.51. The highest BCUT2D eigenvalue weighted by Gasteiger charge is 2.44. The summed E-state index contributed by atoms with van der Waals surface area (Å²) in [6.07, 6.45) is 1.05. The molecule has 3 aromatic carbocycles. The van der Waals surface area contributed by atoms with Crippen LogP contribution in [0.15, 0.2) is 60.7 Å². The summed E-state index contributed by atoms with van der Waals surface area (Å²) in [7, 11) is 1.72. The molecule has 176 valence electrons. The number of benzene rings is 3. The van der Waals surface area contributed by atoms with E-state index in [0.717, 1.165) is 36.8 Å². The molecule has 3 aliphatic heterocycles. The fraction of sp³-hybridized carbons (Fsp3) is 0.357. The van der Waals surface area contributed by atoms with Crippen LogP contribution >= 0.6 is 0 Å². The SMILES string of the molecule is CCc1ccc(C2NNC3c4cc5c(cc4N(Cc4cccc(OC)c4)CC23)OCCO5)cc1. The Kier molecular flexibility index (Phi) is 5.55. The average molecular weight is 458 g/mol. The molecule has 3 aromatic rings. The maximum Gasteiger partial charge on any atom is 0.163 e. The van der Waals surface area contributed by atoms with E-state index in [2.05, 4.69) is 77.3 Å². The Labute approximate surface area is 200 Å². The first-order chi connectivity index (χ1) is 16.7. The number of anilines is 1. The Morgan fingerprint density at radius 3 is 2.44 bits per heavy atom. The first-order valence-corrected chi connectivity index (χ1v) is 12.1. The number of ether oxygens (including phenoxy) is 3. The minimum absolute atomic E-state index is 0.197. The van der Waals surface area contributed by atoms with E-state index < -0.39 is 0 Å². The summed E-state index contributed by atoms with van der Waals surface area (Å²) in [5, 5.41) is 0. The van der Waals surface area contributed by atoms with Crippen molar-refractivity contribution >= 4 is 5.69 Å². The Morgan fingerprint density at radius 1 is 0.912 bits per heavy atom. The van der Waals surface area contributed by atoms with Crippen molar-refractivity contribution in [2.45, 2.75) is 32.0 Å². The van der Waals surface area contributed by atoms with E-state index in [1.807, 2.05) is 6.07 Å². The van der Waals surface area contributed by atoms with Gasteiger partial charge in [0.25, 0.3) is 0 Å². The number of nitrogens with one attached hydrogen (secondary N) is 2. The molecule has 0 amide bonds. The topological polar surface area (TPSA) is 55.0 Å². The standard InChI is InChI=1S/C28H31N3O3/c1-3-18-7-9-20(10-8-18)27-23-17-31(16-19-5-4-6-21(13-19)32-2)24-15-26-25(33-11-12-34-26)14-22(24)28(23)30-29-27/h4-10,13-15,23,27-30H,3,11-12,16-17H2,1-2H3. The number of hydrogen-bond acceptors (Lipinski definition) is 6. The van der Waals surface area contributed by atoms with Crippen LogP contribution < -0.4 is 30.0 Å². The number of hydrazine groups is 1. The van der Waals surface area contributed by atoms with E-state index in [-0.39, 0.29) is 12.1 Å². The van der Waals surface area contributed by atoms with E-state index in [9.17, 15) is 0 Å². The summed E-state index contributed by atoms with van der Waals surface area (Å²) in [6, 6.07) is 22.1. The van der Waals surface area contributed by atoms with E-state index in [1.54, 1.807) is 7.11 Å². The zero-order chi connectivity index (χ0) is 23.1. The van der Waals surface area contributed by atoms with E-state index in [4.69, 9.17) is 14.2 Å². The zero-order valence-corrected chi connectivity index (χ0v) is 19.7.